The van der Waals surface area contributed by atoms with Crippen LogP contribution in [0, 0.1) is 6.92 Å². The van der Waals surface area contributed by atoms with Gasteiger partial charge in [-0.15, -0.1) is 0 Å². The van der Waals surface area contributed by atoms with E-state index in [2.05, 4.69) is 15.5 Å². The fourth-order valence-corrected chi connectivity index (χ4v) is 1.76. The van der Waals surface area contributed by atoms with E-state index in [4.69, 9.17) is 5.84 Å². The van der Waals surface area contributed by atoms with E-state index < -0.39 is 0 Å². The van der Waals surface area contributed by atoms with Crippen molar-refractivity contribution in [2.24, 2.45) is 12.9 Å². The molecule has 0 saturated heterocycles. The van der Waals surface area contributed by atoms with Gasteiger partial charge in [-0.2, -0.15) is 5.10 Å². The molecule has 2 aromatic heterocycles. The summed E-state index contributed by atoms with van der Waals surface area (Å²) >= 11 is 0. The van der Waals surface area contributed by atoms with Gasteiger partial charge in [-0.25, -0.2) is 5.43 Å². The van der Waals surface area contributed by atoms with E-state index in [1.54, 1.807) is 10.9 Å². The average Bonchev–Trinajstić information content (AvgIpc) is 2.69. The molecule has 2 rings (SSSR count). The van der Waals surface area contributed by atoms with Crippen molar-refractivity contribution in [3.8, 4) is 0 Å². The molecule has 0 aliphatic heterocycles. The summed E-state index contributed by atoms with van der Waals surface area (Å²) in [6.45, 7) is 2.02. The van der Waals surface area contributed by atoms with Crippen LogP contribution in [0.15, 0.2) is 30.9 Å². The van der Waals surface area contributed by atoms with E-state index in [0.717, 1.165) is 16.7 Å². The van der Waals surface area contributed by atoms with E-state index in [9.17, 15) is 0 Å². The first kappa shape index (κ1) is 10.8. The van der Waals surface area contributed by atoms with Gasteiger partial charge in [0.15, 0.2) is 0 Å². The molecule has 2 heterocycles. The first-order valence-electron chi connectivity index (χ1n) is 5.07. The van der Waals surface area contributed by atoms with Crippen LogP contribution in [0.4, 0.5) is 0 Å². The molecule has 0 saturated carbocycles. The topological polar surface area (TPSA) is 68.8 Å². The molecule has 84 valence electrons. The zero-order valence-electron chi connectivity index (χ0n) is 9.38. The van der Waals surface area contributed by atoms with Gasteiger partial charge in [0, 0.05) is 31.2 Å². The summed E-state index contributed by atoms with van der Waals surface area (Å²) in [6, 6.07) is 1.92. The van der Waals surface area contributed by atoms with Crippen molar-refractivity contribution in [3.63, 3.8) is 0 Å². The fraction of sp³-hybridized carbons (Fsp3) is 0.273. The molecule has 0 radical (unpaired) electrons. The Hall–Kier alpha value is -1.72. The second kappa shape index (κ2) is 4.42. The highest BCUT2D eigenvalue weighted by atomic mass is 15.3. The summed E-state index contributed by atoms with van der Waals surface area (Å²) in [5.74, 6) is 5.61. The summed E-state index contributed by atoms with van der Waals surface area (Å²) in [7, 11) is 1.89. The van der Waals surface area contributed by atoms with Crippen molar-refractivity contribution in [1.29, 1.82) is 0 Å². The van der Waals surface area contributed by atoms with E-state index >= 15 is 0 Å². The first-order chi connectivity index (χ1) is 7.72. The fourth-order valence-electron chi connectivity index (χ4n) is 1.76. The quantitative estimate of drug-likeness (QED) is 0.586. The van der Waals surface area contributed by atoms with Crippen LogP contribution in [0.1, 0.15) is 22.7 Å². The van der Waals surface area contributed by atoms with Gasteiger partial charge in [0.05, 0.1) is 12.2 Å². The number of nitrogens with one attached hydrogen (secondary N) is 1. The molecule has 0 amide bonds. The zero-order valence-corrected chi connectivity index (χ0v) is 9.38. The van der Waals surface area contributed by atoms with Crippen molar-refractivity contribution < 1.29 is 0 Å². The summed E-state index contributed by atoms with van der Waals surface area (Å²) in [4.78, 5) is 4.07. The van der Waals surface area contributed by atoms with E-state index in [1.165, 1.54) is 0 Å². The lowest BCUT2D eigenvalue weighted by Gasteiger charge is -2.16. The molecule has 1 atom stereocenters. The maximum atomic E-state index is 5.61. The number of nitrogens with zero attached hydrogens (tertiary/aromatic N) is 3. The Bertz CT molecular complexity index is 477. The van der Waals surface area contributed by atoms with Crippen molar-refractivity contribution in [2.45, 2.75) is 13.0 Å². The monoisotopic (exact) mass is 217 g/mol. The third-order valence-corrected chi connectivity index (χ3v) is 2.60. The lowest BCUT2D eigenvalue weighted by atomic mass is 10.00. The molecule has 0 aliphatic rings. The summed E-state index contributed by atoms with van der Waals surface area (Å²) < 4.78 is 1.76. The number of aromatic nitrogens is 3. The van der Waals surface area contributed by atoms with Crippen LogP contribution < -0.4 is 11.3 Å². The third-order valence-electron chi connectivity index (χ3n) is 2.60. The number of rotatable bonds is 3. The molecule has 5 heteroatoms. The van der Waals surface area contributed by atoms with Crippen molar-refractivity contribution in [1.82, 2.24) is 20.2 Å². The van der Waals surface area contributed by atoms with E-state index in [0.29, 0.717) is 0 Å². The largest absolute Gasteiger partial charge is 0.275 e. The van der Waals surface area contributed by atoms with Crippen LogP contribution in [0.3, 0.4) is 0 Å². The highest BCUT2D eigenvalue weighted by molar-refractivity contribution is 5.32. The van der Waals surface area contributed by atoms with Gasteiger partial charge in [-0.3, -0.25) is 15.5 Å². The summed E-state index contributed by atoms with van der Waals surface area (Å²) in [5.41, 5.74) is 6.07. The molecule has 0 fully saturated rings. The molecule has 0 aromatic carbocycles. The van der Waals surface area contributed by atoms with Crippen molar-refractivity contribution in [3.05, 3.63) is 47.5 Å². The standard InChI is InChI=1S/C11H15N5/c1-8-5-13-4-3-10(8)11(15-12)9-6-14-16(2)7-9/h3-7,11,15H,12H2,1-2H3. The normalized spacial score (nSPS) is 12.7. The van der Waals surface area contributed by atoms with Crippen molar-refractivity contribution >= 4 is 0 Å². The zero-order chi connectivity index (χ0) is 11.5. The Morgan fingerprint density at radius 3 is 2.81 bits per heavy atom. The minimum atomic E-state index is -0.0447. The summed E-state index contributed by atoms with van der Waals surface area (Å²) in [6.07, 6.45) is 7.36. The Labute approximate surface area is 94.3 Å². The van der Waals surface area contributed by atoms with Crippen LogP contribution >= 0.6 is 0 Å². The molecule has 1 unspecified atom stereocenters. The van der Waals surface area contributed by atoms with Gasteiger partial charge in [-0.1, -0.05) is 0 Å². The molecular formula is C11H15N5. The van der Waals surface area contributed by atoms with Crippen molar-refractivity contribution in [2.75, 3.05) is 0 Å². The van der Waals surface area contributed by atoms with Gasteiger partial charge >= 0.3 is 0 Å². The van der Waals surface area contributed by atoms with Gasteiger partial charge in [0.25, 0.3) is 0 Å². The van der Waals surface area contributed by atoms with Crippen LogP contribution in [0.25, 0.3) is 0 Å². The van der Waals surface area contributed by atoms with Gasteiger partial charge in [0.1, 0.15) is 0 Å². The lowest BCUT2D eigenvalue weighted by Crippen LogP contribution is -2.29. The first-order valence-corrected chi connectivity index (χ1v) is 5.07. The minimum Gasteiger partial charge on any atom is -0.275 e. The molecule has 5 nitrogen and oxygen atoms in total. The number of hydrazine groups is 1. The minimum absolute atomic E-state index is 0.0447. The van der Waals surface area contributed by atoms with Crippen LogP contribution in [-0.2, 0) is 7.05 Å². The Balaban J connectivity index is 2.40. The number of nitrogens with two attached hydrogens (primary N) is 1. The molecule has 0 bridgehead atoms. The van der Waals surface area contributed by atoms with Gasteiger partial charge in [-0.05, 0) is 24.1 Å². The van der Waals surface area contributed by atoms with E-state index in [1.807, 2.05) is 38.6 Å². The second-order valence-electron chi connectivity index (χ2n) is 3.78. The highest BCUT2D eigenvalue weighted by Crippen LogP contribution is 2.22. The third kappa shape index (κ3) is 1.95. The second-order valence-corrected chi connectivity index (χ2v) is 3.78. The maximum absolute atomic E-state index is 5.61. The molecule has 16 heavy (non-hydrogen) atoms. The van der Waals surface area contributed by atoms with E-state index in [-0.39, 0.29) is 6.04 Å². The maximum Gasteiger partial charge on any atom is 0.0744 e. The Kier molecular flexibility index (Phi) is 2.98. The number of hydrogen-bond acceptors (Lipinski definition) is 4. The van der Waals surface area contributed by atoms with Crippen LogP contribution in [0.2, 0.25) is 0 Å². The smallest absolute Gasteiger partial charge is 0.0744 e. The molecule has 0 aliphatic carbocycles. The van der Waals surface area contributed by atoms with Gasteiger partial charge in [0.2, 0.25) is 0 Å². The predicted octanol–water partition coefficient (Wildman–Crippen LogP) is 0.676. The average molecular weight is 217 g/mol. The molecule has 2 aromatic rings. The lowest BCUT2D eigenvalue weighted by molar-refractivity contribution is 0.631. The Morgan fingerprint density at radius 1 is 1.44 bits per heavy atom. The van der Waals surface area contributed by atoms with Gasteiger partial charge < -0.3 is 0 Å². The Morgan fingerprint density at radius 2 is 2.25 bits per heavy atom. The molecular weight excluding hydrogens is 202 g/mol. The van der Waals surface area contributed by atoms with Crippen LogP contribution in [-0.4, -0.2) is 14.8 Å². The number of aryl methyl sites for hydroxylation is 2. The molecule has 0 spiro atoms. The highest BCUT2D eigenvalue weighted by Gasteiger charge is 2.15. The number of pyridine rings is 1. The molecule has 3 N–H and O–H groups in total. The SMILES string of the molecule is Cc1cnccc1C(NN)c1cnn(C)c1. The predicted molar refractivity (Wildman–Crippen MR) is 61.3 cm³/mol. The van der Waals surface area contributed by atoms with Crippen LogP contribution in [0.5, 0.6) is 0 Å². The number of hydrogen-bond donors (Lipinski definition) is 2. The summed E-state index contributed by atoms with van der Waals surface area (Å²) in [5, 5.41) is 4.15.